The number of nitrogen functional groups attached to an aromatic ring is 1. The predicted octanol–water partition coefficient (Wildman–Crippen LogP) is 3.81. The fourth-order valence-electron chi connectivity index (χ4n) is 4.75. The van der Waals surface area contributed by atoms with Crippen LogP contribution in [0.25, 0.3) is 0 Å². The molecule has 4 aromatic rings. The van der Waals surface area contributed by atoms with E-state index in [9.17, 15) is 14.4 Å². The van der Waals surface area contributed by atoms with E-state index in [1.807, 2.05) is 60.7 Å². The Morgan fingerprint density at radius 2 is 1.87 bits per heavy atom. The summed E-state index contributed by atoms with van der Waals surface area (Å²) >= 11 is 5.28. The lowest BCUT2D eigenvalue weighted by Gasteiger charge is -2.49. The van der Waals surface area contributed by atoms with Crippen LogP contribution in [0.4, 0.5) is 5.13 Å². The second-order valence-corrected chi connectivity index (χ2v) is 13.5. The van der Waals surface area contributed by atoms with Gasteiger partial charge in [0.2, 0.25) is 0 Å². The number of benzene rings is 2. The van der Waals surface area contributed by atoms with Crippen LogP contribution in [0.2, 0.25) is 0 Å². The molecule has 0 spiro atoms. The lowest BCUT2D eigenvalue weighted by molar-refractivity contribution is -0.154. The molecule has 0 bridgehead atoms. The van der Waals surface area contributed by atoms with Gasteiger partial charge in [-0.25, -0.2) is 9.78 Å². The van der Waals surface area contributed by atoms with Gasteiger partial charge in [0.15, 0.2) is 16.9 Å². The number of amides is 2. The van der Waals surface area contributed by atoms with Gasteiger partial charge in [-0.05, 0) is 22.7 Å². The average molecular weight is 680 g/mol. The Hall–Kier alpha value is -4.25. The number of nitrogens with zero attached hydrogens (tertiary/aromatic N) is 5. The van der Waals surface area contributed by atoms with Crippen molar-refractivity contribution in [3.8, 4) is 0 Å². The molecule has 4 heterocycles. The Morgan fingerprint density at radius 1 is 1.16 bits per heavy atom. The van der Waals surface area contributed by atoms with Crippen molar-refractivity contribution >= 4 is 75.0 Å². The molecule has 3 N–H and O–H groups in total. The first-order valence-electron chi connectivity index (χ1n) is 13.5. The zero-order chi connectivity index (χ0) is 31.3. The number of hydrogen-bond acceptors (Lipinski definition) is 14. The van der Waals surface area contributed by atoms with Gasteiger partial charge in [0.1, 0.15) is 29.9 Å². The van der Waals surface area contributed by atoms with E-state index in [0.717, 1.165) is 27.3 Å². The molecule has 2 aromatic carbocycles. The number of thiazole rings is 1. The molecule has 0 aliphatic carbocycles. The number of hydrogen-bond donors (Lipinski definition) is 2. The minimum Gasteiger partial charge on any atom is -0.448 e. The summed E-state index contributed by atoms with van der Waals surface area (Å²) in [6, 6.07) is 17.9. The Bertz CT molecular complexity index is 1710. The summed E-state index contributed by atoms with van der Waals surface area (Å²) in [7, 11) is 1.30. The number of thioether (sulfide) groups is 2. The highest BCUT2D eigenvalue weighted by Crippen LogP contribution is 2.45. The zero-order valence-corrected chi connectivity index (χ0v) is 26.8. The SMILES string of the molecule is CO/N=C(/C(=O)N[C@@H]1C(=O)N2C(C(=O)OC(c3ccccc3)c3ccccc3)=C(SCc3cnns3)CS[C@H]12)c1csc(N)n1. The number of anilines is 1. The summed E-state index contributed by atoms with van der Waals surface area (Å²) in [6.45, 7) is 0. The van der Waals surface area contributed by atoms with E-state index in [1.165, 1.54) is 47.1 Å². The average Bonchev–Trinajstić information content (AvgIpc) is 3.76. The van der Waals surface area contributed by atoms with Gasteiger partial charge in [-0.2, -0.15) is 0 Å². The summed E-state index contributed by atoms with van der Waals surface area (Å²) < 4.78 is 10.1. The van der Waals surface area contributed by atoms with Crippen LogP contribution in [0.15, 0.2) is 88.0 Å². The topological polar surface area (TPSA) is 162 Å². The lowest BCUT2D eigenvalue weighted by atomic mass is 10.0. The van der Waals surface area contributed by atoms with Crippen molar-refractivity contribution in [1.82, 2.24) is 24.8 Å². The van der Waals surface area contributed by atoms with Gasteiger partial charge in [0.25, 0.3) is 11.8 Å². The van der Waals surface area contributed by atoms with Crippen LogP contribution < -0.4 is 11.1 Å². The van der Waals surface area contributed by atoms with Gasteiger partial charge in [-0.3, -0.25) is 14.5 Å². The third kappa shape index (κ3) is 6.58. The number of rotatable bonds is 11. The summed E-state index contributed by atoms with van der Waals surface area (Å²) in [4.78, 5) is 53.0. The third-order valence-electron chi connectivity index (χ3n) is 6.80. The minimum atomic E-state index is -0.917. The van der Waals surface area contributed by atoms with E-state index in [-0.39, 0.29) is 22.2 Å². The molecule has 2 aliphatic heterocycles. The van der Waals surface area contributed by atoms with Crippen LogP contribution >= 0.6 is 46.4 Å². The fourth-order valence-corrected chi connectivity index (χ4v) is 8.42. The van der Waals surface area contributed by atoms with E-state index < -0.39 is 35.3 Å². The maximum absolute atomic E-state index is 14.1. The minimum absolute atomic E-state index is 0.115. The molecule has 16 heteroatoms. The Morgan fingerprint density at radius 3 is 2.47 bits per heavy atom. The number of aromatic nitrogens is 3. The molecule has 1 fully saturated rings. The molecule has 230 valence electrons. The molecule has 2 amide bonds. The van der Waals surface area contributed by atoms with Crippen LogP contribution in [-0.4, -0.2) is 67.2 Å². The number of fused-ring (bicyclic) bond motifs is 1. The first-order valence-corrected chi connectivity index (χ1v) is 17.1. The highest BCUT2D eigenvalue weighted by molar-refractivity contribution is 8.05. The number of oxime groups is 1. The van der Waals surface area contributed by atoms with E-state index in [4.69, 9.17) is 15.3 Å². The van der Waals surface area contributed by atoms with Gasteiger partial charge < -0.3 is 20.6 Å². The van der Waals surface area contributed by atoms with E-state index >= 15 is 0 Å². The van der Waals surface area contributed by atoms with Crippen molar-refractivity contribution in [1.29, 1.82) is 0 Å². The van der Waals surface area contributed by atoms with Crippen molar-refractivity contribution in [3.63, 3.8) is 0 Å². The van der Waals surface area contributed by atoms with E-state index in [1.54, 1.807) is 11.6 Å². The molecule has 0 unspecified atom stereocenters. The standard InChI is InChI=1S/C29H25N7O5S4/c1-40-34-21(19-14-44-29(30)32-19)25(37)33-22-26(38)36-23(20(15-43-27(22)36)42-13-18-12-31-35-45-18)28(39)41-24(16-8-4-2-5-9-16)17-10-6-3-7-11-17/h2-12,14,22,24,27H,13,15H2,1H3,(H2,30,32)(H,33,37)/b34-21+/t22-,27-/m1/s1. The molecule has 2 atom stereocenters. The van der Waals surface area contributed by atoms with Gasteiger partial charge >= 0.3 is 5.97 Å². The largest absolute Gasteiger partial charge is 0.448 e. The van der Waals surface area contributed by atoms with Crippen LogP contribution in [0.5, 0.6) is 0 Å². The molecule has 45 heavy (non-hydrogen) atoms. The number of nitrogens with two attached hydrogens (primary N) is 1. The molecule has 1 saturated heterocycles. The number of nitrogens with one attached hydrogen (secondary N) is 1. The van der Waals surface area contributed by atoms with Gasteiger partial charge in [-0.15, -0.1) is 40.0 Å². The number of esters is 1. The van der Waals surface area contributed by atoms with Crippen molar-refractivity contribution in [2.45, 2.75) is 23.3 Å². The van der Waals surface area contributed by atoms with E-state index in [0.29, 0.717) is 16.4 Å². The number of carbonyl (C=O) groups excluding carboxylic acids is 3. The molecule has 12 nitrogen and oxygen atoms in total. The molecular formula is C29H25N7O5S4. The van der Waals surface area contributed by atoms with Crippen LogP contribution in [0, 0.1) is 0 Å². The predicted molar refractivity (Wildman–Crippen MR) is 174 cm³/mol. The van der Waals surface area contributed by atoms with Crippen molar-refractivity contribution in [3.05, 3.63) is 105 Å². The van der Waals surface area contributed by atoms with Gasteiger partial charge in [0, 0.05) is 21.8 Å². The van der Waals surface area contributed by atoms with Crippen molar-refractivity contribution in [2.75, 3.05) is 18.6 Å². The lowest BCUT2D eigenvalue weighted by Crippen LogP contribution is -2.71. The van der Waals surface area contributed by atoms with Crippen LogP contribution in [-0.2, 0) is 29.7 Å². The molecule has 6 rings (SSSR count). The van der Waals surface area contributed by atoms with Gasteiger partial charge in [0.05, 0.1) is 11.1 Å². The highest BCUT2D eigenvalue weighted by Gasteiger charge is 2.55. The van der Waals surface area contributed by atoms with Crippen LogP contribution in [0.3, 0.4) is 0 Å². The van der Waals surface area contributed by atoms with Gasteiger partial charge in [-0.1, -0.05) is 70.3 Å². The molecular weight excluding hydrogens is 655 g/mol. The number of β-lactam (4-membered cyclic amide) rings is 1. The Balaban J connectivity index is 1.28. The maximum Gasteiger partial charge on any atom is 0.356 e. The fraction of sp³-hybridized carbons (Fsp3) is 0.207. The molecule has 0 saturated carbocycles. The number of carbonyl (C=O) groups is 3. The summed E-state index contributed by atoms with van der Waals surface area (Å²) in [5, 5.41) is 11.7. The smallest absolute Gasteiger partial charge is 0.356 e. The van der Waals surface area contributed by atoms with Crippen molar-refractivity contribution < 1.29 is 24.0 Å². The third-order valence-corrected chi connectivity index (χ3v) is 10.9. The summed E-state index contributed by atoms with van der Waals surface area (Å²) in [5.74, 6) is -0.798. The first-order chi connectivity index (χ1) is 21.9. The molecule has 0 radical (unpaired) electrons. The Labute approximate surface area is 274 Å². The maximum atomic E-state index is 14.1. The second kappa shape index (κ2) is 13.8. The monoisotopic (exact) mass is 679 g/mol. The normalized spacial score (nSPS) is 18.0. The summed E-state index contributed by atoms with van der Waals surface area (Å²) in [5.41, 5.74) is 7.59. The van der Waals surface area contributed by atoms with Crippen LogP contribution in [0.1, 0.15) is 27.8 Å². The highest BCUT2D eigenvalue weighted by atomic mass is 32.2. The zero-order valence-electron chi connectivity index (χ0n) is 23.6. The second-order valence-electron chi connectivity index (χ2n) is 9.61. The Kier molecular flexibility index (Phi) is 9.44. The van der Waals surface area contributed by atoms with Crippen molar-refractivity contribution in [2.24, 2.45) is 5.16 Å². The summed E-state index contributed by atoms with van der Waals surface area (Å²) in [6.07, 6.45) is 0.966. The first kappa shape index (κ1) is 30.8. The molecule has 2 aromatic heterocycles. The molecule has 2 aliphatic rings. The van der Waals surface area contributed by atoms with E-state index in [2.05, 4.69) is 25.0 Å². The quantitative estimate of drug-likeness (QED) is 0.103. The number of ether oxygens (including phenoxy) is 1.